The van der Waals surface area contributed by atoms with E-state index < -0.39 is 0 Å². The third-order valence-electron chi connectivity index (χ3n) is 7.06. The standard InChI is InChI=1S/C27H35N4O2/c1-5-26(32)30(22-11-7-6-8-12-22)23-15-18-31(4,19-16-23)20-17-28-24-13-9-10-14-25(24)29(21(2)3)27(28)33/h6-14,23H,2,5,15-20H2,1,3-4H3/q+1. The number of carbonyl (C=O) groups excluding carboxylic acids is 1. The number of hydrogen-bond donors (Lipinski definition) is 0. The SMILES string of the molecule is C=C(C)n1c(=O)n(CC[N+]2(C)CCC(N(C(=O)CC)c3ccccc3)CC2)c2ccccc21. The molecular weight excluding hydrogens is 412 g/mol. The molecule has 6 heteroatoms. The van der Waals surface area contributed by atoms with Crippen LogP contribution in [0.3, 0.4) is 0 Å². The highest BCUT2D eigenvalue weighted by Gasteiger charge is 2.35. The van der Waals surface area contributed by atoms with Crippen molar-refractivity contribution < 1.29 is 9.28 Å². The fourth-order valence-corrected chi connectivity index (χ4v) is 5.11. The first kappa shape index (κ1) is 23.1. The molecule has 2 heterocycles. The van der Waals surface area contributed by atoms with Crippen LogP contribution < -0.4 is 10.6 Å². The maximum atomic E-state index is 13.1. The van der Waals surface area contributed by atoms with E-state index in [1.165, 1.54) is 0 Å². The summed E-state index contributed by atoms with van der Waals surface area (Å²) in [5.74, 6) is 0.182. The molecule has 3 aromatic rings. The number of imidazole rings is 1. The quantitative estimate of drug-likeness (QED) is 0.506. The molecule has 0 N–H and O–H groups in total. The Bertz CT molecular complexity index is 1200. The van der Waals surface area contributed by atoms with Crippen molar-refractivity contribution in [2.45, 2.75) is 45.7 Å². The first-order valence-corrected chi connectivity index (χ1v) is 11.9. The molecule has 0 atom stereocenters. The van der Waals surface area contributed by atoms with Gasteiger partial charge in [-0.2, -0.15) is 0 Å². The van der Waals surface area contributed by atoms with Crippen LogP contribution in [0.25, 0.3) is 16.7 Å². The minimum absolute atomic E-state index is 0.0195. The number of aromatic nitrogens is 2. The Morgan fingerprint density at radius 3 is 2.27 bits per heavy atom. The summed E-state index contributed by atoms with van der Waals surface area (Å²) in [6.07, 6.45) is 2.42. The van der Waals surface area contributed by atoms with Gasteiger partial charge < -0.3 is 9.38 Å². The van der Waals surface area contributed by atoms with Crippen LogP contribution >= 0.6 is 0 Å². The topological polar surface area (TPSA) is 47.2 Å². The molecule has 33 heavy (non-hydrogen) atoms. The van der Waals surface area contributed by atoms with Crippen molar-refractivity contribution in [1.29, 1.82) is 0 Å². The van der Waals surface area contributed by atoms with Crippen molar-refractivity contribution in [1.82, 2.24) is 9.13 Å². The Morgan fingerprint density at radius 2 is 1.67 bits per heavy atom. The molecule has 0 saturated carbocycles. The van der Waals surface area contributed by atoms with Crippen LogP contribution in [0.1, 0.15) is 33.1 Å². The Balaban J connectivity index is 1.49. The summed E-state index contributed by atoms with van der Waals surface area (Å²) in [5.41, 5.74) is 3.57. The molecule has 1 aliphatic heterocycles. The van der Waals surface area contributed by atoms with E-state index in [1.807, 2.05) is 77.9 Å². The molecule has 6 nitrogen and oxygen atoms in total. The lowest BCUT2D eigenvalue weighted by Gasteiger charge is -2.43. The molecule has 1 saturated heterocycles. The molecule has 0 radical (unpaired) electrons. The molecule has 174 valence electrons. The third kappa shape index (κ3) is 4.53. The molecular formula is C27H35N4O2+. The number of piperidine rings is 1. The highest BCUT2D eigenvalue weighted by molar-refractivity contribution is 5.93. The third-order valence-corrected chi connectivity index (χ3v) is 7.06. The van der Waals surface area contributed by atoms with Gasteiger partial charge in [0, 0.05) is 36.7 Å². The molecule has 2 aromatic carbocycles. The molecule has 0 spiro atoms. The predicted molar refractivity (Wildman–Crippen MR) is 135 cm³/mol. The summed E-state index contributed by atoms with van der Waals surface area (Å²) in [6, 6.07) is 18.2. The number of benzene rings is 2. The number of carbonyl (C=O) groups is 1. The van der Waals surface area contributed by atoms with Gasteiger partial charge in [-0.3, -0.25) is 13.9 Å². The van der Waals surface area contributed by atoms with Crippen molar-refractivity contribution >= 4 is 28.3 Å². The molecule has 1 aliphatic rings. The number of likely N-dealkylation sites (tertiary alicyclic amines) is 1. The van der Waals surface area contributed by atoms with Gasteiger partial charge in [-0.1, -0.05) is 43.8 Å². The molecule has 0 aliphatic carbocycles. The maximum absolute atomic E-state index is 13.1. The van der Waals surface area contributed by atoms with E-state index in [2.05, 4.69) is 13.6 Å². The van der Waals surface area contributed by atoms with E-state index in [9.17, 15) is 9.59 Å². The first-order valence-electron chi connectivity index (χ1n) is 11.9. The highest BCUT2D eigenvalue weighted by Crippen LogP contribution is 2.27. The number of quaternary nitrogens is 1. The molecule has 0 unspecified atom stereocenters. The van der Waals surface area contributed by atoms with E-state index in [-0.39, 0.29) is 17.6 Å². The minimum atomic E-state index is -0.0195. The lowest BCUT2D eigenvalue weighted by Crippen LogP contribution is -2.56. The van der Waals surface area contributed by atoms with Crippen molar-refractivity contribution in [2.24, 2.45) is 0 Å². The second-order valence-electron chi connectivity index (χ2n) is 9.47. The average Bonchev–Trinajstić information content (AvgIpc) is 3.11. The number of allylic oxidation sites excluding steroid dienone is 1. The molecule has 1 fully saturated rings. The summed E-state index contributed by atoms with van der Waals surface area (Å²) in [6.45, 7) is 11.3. The monoisotopic (exact) mass is 447 g/mol. The van der Waals surface area contributed by atoms with E-state index in [1.54, 1.807) is 4.57 Å². The smallest absolute Gasteiger partial charge is 0.324 e. The number of para-hydroxylation sites is 3. The zero-order valence-corrected chi connectivity index (χ0v) is 20.0. The summed E-state index contributed by atoms with van der Waals surface area (Å²) in [7, 11) is 2.27. The van der Waals surface area contributed by atoms with E-state index in [0.29, 0.717) is 13.0 Å². The van der Waals surface area contributed by atoms with Crippen molar-refractivity contribution in [2.75, 3.05) is 31.6 Å². The van der Waals surface area contributed by atoms with Crippen LogP contribution in [0, 0.1) is 0 Å². The van der Waals surface area contributed by atoms with Gasteiger partial charge >= 0.3 is 5.69 Å². The lowest BCUT2D eigenvalue weighted by molar-refractivity contribution is -0.914. The zero-order chi connectivity index (χ0) is 23.6. The summed E-state index contributed by atoms with van der Waals surface area (Å²) < 4.78 is 4.49. The average molecular weight is 448 g/mol. The van der Waals surface area contributed by atoms with Gasteiger partial charge in [0.25, 0.3) is 0 Å². The number of anilines is 1. The Labute approximate surface area is 195 Å². The predicted octanol–water partition coefficient (Wildman–Crippen LogP) is 4.35. The number of amides is 1. The summed E-state index contributed by atoms with van der Waals surface area (Å²) in [5, 5.41) is 0. The maximum Gasteiger partial charge on any atom is 0.333 e. The van der Waals surface area contributed by atoms with Crippen molar-refractivity contribution in [3.05, 3.63) is 71.7 Å². The molecule has 0 bridgehead atoms. The lowest BCUT2D eigenvalue weighted by atomic mass is 9.99. The number of rotatable bonds is 7. The second-order valence-corrected chi connectivity index (χ2v) is 9.47. The van der Waals surface area contributed by atoms with Gasteiger partial charge in [-0.15, -0.1) is 0 Å². The fourth-order valence-electron chi connectivity index (χ4n) is 5.11. The van der Waals surface area contributed by atoms with Gasteiger partial charge in [0.2, 0.25) is 5.91 Å². The number of hydrogen-bond acceptors (Lipinski definition) is 2. The summed E-state index contributed by atoms with van der Waals surface area (Å²) >= 11 is 0. The van der Waals surface area contributed by atoms with E-state index in [0.717, 1.165) is 59.4 Å². The van der Waals surface area contributed by atoms with E-state index in [4.69, 9.17) is 0 Å². The molecule has 1 amide bonds. The van der Waals surface area contributed by atoms with E-state index >= 15 is 0 Å². The Kier molecular flexibility index (Phi) is 6.56. The number of nitrogens with zero attached hydrogens (tertiary/aromatic N) is 4. The van der Waals surface area contributed by atoms with Gasteiger partial charge in [0.1, 0.15) is 0 Å². The van der Waals surface area contributed by atoms with Crippen LogP contribution in [0.4, 0.5) is 5.69 Å². The first-order chi connectivity index (χ1) is 15.8. The molecule has 4 rings (SSSR count). The van der Waals surface area contributed by atoms with Gasteiger partial charge in [-0.25, -0.2) is 4.79 Å². The van der Waals surface area contributed by atoms with Gasteiger partial charge in [0.15, 0.2) is 0 Å². The van der Waals surface area contributed by atoms with Crippen LogP contribution in [-0.2, 0) is 11.3 Å². The van der Waals surface area contributed by atoms with Crippen LogP contribution in [0.5, 0.6) is 0 Å². The van der Waals surface area contributed by atoms with Crippen LogP contribution in [-0.4, -0.2) is 52.2 Å². The molecule has 1 aromatic heterocycles. The summed E-state index contributed by atoms with van der Waals surface area (Å²) in [4.78, 5) is 27.9. The fraction of sp³-hybridized carbons (Fsp3) is 0.407. The number of fused-ring (bicyclic) bond motifs is 1. The minimum Gasteiger partial charge on any atom is -0.324 e. The van der Waals surface area contributed by atoms with Crippen molar-refractivity contribution in [3.63, 3.8) is 0 Å². The second kappa shape index (κ2) is 9.40. The number of likely N-dealkylation sites (N-methyl/N-ethyl adjacent to an activating group) is 1. The van der Waals surface area contributed by atoms with Gasteiger partial charge in [-0.05, 0) is 31.2 Å². The zero-order valence-electron chi connectivity index (χ0n) is 20.0. The van der Waals surface area contributed by atoms with Crippen molar-refractivity contribution in [3.8, 4) is 0 Å². The Morgan fingerprint density at radius 1 is 1.06 bits per heavy atom. The Hall–Kier alpha value is -3.12. The largest absolute Gasteiger partial charge is 0.333 e. The highest BCUT2D eigenvalue weighted by atomic mass is 16.2. The van der Waals surface area contributed by atoms with Gasteiger partial charge in [0.05, 0.1) is 44.3 Å². The van der Waals surface area contributed by atoms with Crippen LogP contribution in [0.15, 0.2) is 66.0 Å². The van der Waals surface area contributed by atoms with Crippen LogP contribution in [0.2, 0.25) is 0 Å². The normalized spacial score (nSPS) is 20.6.